The van der Waals surface area contributed by atoms with Gasteiger partial charge in [0.1, 0.15) is 0 Å². The molecular weight excluding hydrogens is 150 g/mol. The molecule has 0 amide bonds. The van der Waals surface area contributed by atoms with Crippen LogP contribution in [0.15, 0.2) is 5.38 Å². The minimum Gasteiger partial charge on any atom is -0.478 e. The molecule has 0 radical (unpaired) electrons. The van der Waals surface area contributed by atoms with E-state index in [9.17, 15) is 4.79 Å². The third kappa shape index (κ3) is 0.974. The fourth-order valence-corrected chi connectivity index (χ4v) is 1.49. The molecule has 0 saturated heterocycles. The predicted octanol–water partition coefficient (Wildman–Crippen LogP) is 1.34. The number of nitrogens with two attached hydrogens (primary N) is 1. The zero-order chi connectivity index (χ0) is 7.72. The Morgan fingerprint density at radius 1 is 1.80 bits per heavy atom. The Labute approximate surface area is 62.1 Å². The van der Waals surface area contributed by atoms with Gasteiger partial charge in [-0.05, 0) is 6.92 Å². The molecule has 1 aromatic rings. The molecule has 0 saturated carbocycles. The molecule has 3 N–H and O–H groups in total. The molecular formula is C6H7NO2S. The molecule has 0 aliphatic heterocycles. The predicted molar refractivity (Wildman–Crippen MR) is 40.4 cm³/mol. The molecule has 10 heavy (non-hydrogen) atoms. The molecule has 3 nitrogen and oxygen atoms in total. The lowest BCUT2D eigenvalue weighted by Gasteiger charge is -1.91. The maximum atomic E-state index is 10.4. The number of rotatable bonds is 1. The van der Waals surface area contributed by atoms with Crippen LogP contribution in [0.3, 0.4) is 0 Å². The van der Waals surface area contributed by atoms with E-state index in [1.165, 1.54) is 11.3 Å². The summed E-state index contributed by atoms with van der Waals surface area (Å²) in [7, 11) is 0. The van der Waals surface area contributed by atoms with E-state index in [1.807, 2.05) is 0 Å². The summed E-state index contributed by atoms with van der Waals surface area (Å²) in [5, 5.41) is 10.2. The van der Waals surface area contributed by atoms with E-state index in [0.717, 1.165) is 4.88 Å². The van der Waals surface area contributed by atoms with E-state index >= 15 is 0 Å². The number of nitrogen functional groups attached to an aromatic ring is 1. The molecule has 0 bridgehead atoms. The highest BCUT2D eigenvalue weighted by atomic mass is 32.1. The first-order valence-corrected chi connectivity index (χ1v) is 3.57. The minimum absolute atomic E-state index is 0.241. The average Bonchev–Trinajstić information content (AvgIpc) is 2.11. The SMILES string of the molecule is Cc1scc(N)c1C(=O)O. The Kier molecular flexibility index (Phi) is 1.63. The summed E-state index contributed by atoms with van der Waals surface area (Å²) in [4.78, 5) is 11.2. The van der Waals surface area contributed by atoms with Gasteiger partial charge < -0.3 is 10.8 Å². The van der Waals surface area contributed by atoms with Crippen molar-refractivity contribution in [2.75, 3.05) is 5.73 Å². The molecule has 0 aliphatic rings. The normalized spacial score (nSPS) is 9.70. The van der Waals surface area contributed by atoms with Crippen molar-refractivity contribution in [1.82, 2.24) is 0 Å². The molecule has 0 unspecified atom stereocenters. The Morgan fingerprint density at radius 3 is 2.60 bits per heavy atom. The molecule has 54 valence electrons. The second-order valence-corrected chi connectivity index (χ2v) is 3.01. The average molecular weight is 157 g/mol. The van der Waals surface area contributed by atoms with Gasteiger partial charge in [-0.2, -0.15) is 0 Å². The number of aryl methyl sites for hydroxylation is 1. The number of hydrogen-bond acceptors (Lipinski definition) is 3. The van der Waals surface area contributed by atoms with E-state index in [1.54, 1.807) is 12.3 Å². The Bertz CT molecular complexity index is 247. The molecule has 0 fully saturated rings. The van der Waals surface area contributed by atoms with Gasteiger partial charge in [0.2, 0.25) is 0 Å². The second-order valence-electron chi connectivity index (χ2n) is 1.93. The van der Waals surface area contributed by atoms with Gasteiger partial charge in [-0.25, -0.2) is 4.79 Å². The lowest BCUT2D eigenvalue weighted by atomic mass is 10.2. The monoisotopic (exact) mass is 157 g/mol. The lowest BCUT2D eigenvalue weighted by Crippen LogP contribution is -2.00. The van der Waals surface area contributed by atoms with Crippen molar-refractivity contribution in [3.05, 3.63) is 15.8 Å². The minimum atomic E-state index is -0.948. The molecule has 1 rings (SSSR count). The second kappa shape index (κ2) is 2.30. The van der Waals surface area contributed by atoms with Crippen molar-refractivity contribution in [2.24, 2.45) is 0 Å². The van der Waals surface area contributed by atoms with Crippen molar-refractivity contribution in [3.8, 4) is 0 Å². The van der Waals surface area contributed by atoms with Crippen molar-refractivity contribution in [2.45, 2.75) is 6.92 Å². The zero-order valence-corrected chi connectivity index (χ0v) is 6.23. The number of aromatic carboxylic acids is 1. The summed E-state index contributed by atoms with van der Waals surface area (Å²) in [6.07, 6.45) is 0. The topological polar surface area (TPSA) is 63.3 Å². The molecule has 0 aromatic carbocycles. The maximum Gasteiger partial charge on any atom is 0.338 e. The fraction of sp³-hybridized carbons (Fsp3) is 0.167. The quantitative estimate of drug-likeness (QED) is 0.646. The van der Waals surface area contributed by atoms with E-state index in [4.69, 9.17) is 10.8 Å². The number of anilines is 1. The summed E-state index contributed by atoms with van der Waals surface area (Å²) in [6.45, 7) is 1.74. The van der Waals surface area contributed by atoms with Crippen LogP contribution in [-0.2, 0) is 0 Å². The van der Waals surface area contributed by atoms with Crippen LogP contribution in [0.2, 0.25) is 0 Å². The highest BCUT2D eigenvalue weighted by Gasteiger charge is 2.11. The van der Waals surface area contributed by atoms with Gasteiger partial charge >= 0.3 is 5.97 Å². The van der Waals surface area contributed by atoms with E-state index in [0.29, 0.717) is 5.69 Å². The molecule has 1 heterocycles. The smallest absolute Gasteiger partial charge is 0.338 e. The summed E-state index contributed by atoms with van der Waals surface area (Å²) < 4.78 is 0. The highest BCUT2D eigenvalue weighted by Crippen LogP contribution is 2.23. The highest BCUT2D eigenvalue weighted by molar-refractivity contribution is 7.10. The first kappa shape index (κ1) is 7.08. The number of carboxylic acid groups (broad SMARTS) is 1. The van der Waals surface area contributed by atoms with Gasteiger partial charge in [-0.3, -0.25) is 0 Å². The van der Waals surface area contributed by atoms with Gasteiger partial charge in [-0.1, -0.05) is 0 Å². The van der Waals surface area contributed by atoms with Crippen LogP contribution in [0.4, 0.5) is 5.69 Å². The molecule has 0 spiro atoms. The van der Waals surface area contributed by atoms with Crippen LogP contribution >= 0.6 is 11.3 Å². The van der Waals surface area contributed by atoms with Gasteiger partial charge in [-0.15, -0.1) is 11.3 Å². The number of carboxylic acids is 1. The van der Waals surface area contributed by atoms with Gasteiger partial charge in [0.05, 0.1) is 11.3 Å². The van der Waals surface area contributed by atoms with Gasteiger partial charge in [0, 0.05) is 10.3 Å². The van der Waals surface area contributed by atoms with Crippen molar-refractivity contribution in [1.29, 1.82) is 0 Å². The van der Waals surface area contributed by atoms with Gasteiger partial charge in [0.25, 0.3) is 0 Å². The van der Waals surface area contributed by atoms with Crippen LogP contribution < -0.4 is 5.73 Å². The molecule has 0 atom stereocenters. The van der Waals surface area contributed by atoms with Crippen molar-refractivity contribution >= 4 is 23.0 Å². The van der Waals surface area contributed by atoms with Crippen LogP contribution in [0.5, 0.6) is 0 Å². The summed E-state index contributed by atoms with van der Waals surface area (Å²) in [5.41, 5.74) is 5.97. The molecule has 1 aromatic heterocycles. The fourth-order valence-electron chi connectivity index (χ4n) is 0.747. The van der Waals surface area contributed by atoms with Crippen LogP contribution in [0, 0.1) is 6.92 Å². The maximum absolute atomic E-state index is 10.4. The molecule has 0 aliphatic carbocycles. The van der Waals surface area contributed by atoms with Gasteiger partial charge in [0.15, 0.2) is 0 Å². The third-order valence-corrected chi connectivity index (χ3v) is 2.15. The molecule has 4 heteroatoms. The zero-order valence-electron chi connectivity index (χ0n) is 5.42. The standard InChI is InChI=1S/C6H7NO2S/c1-3-5(6(8)9)4(7)2-10-3/h2H,7H2,1H3,(H,8,9). The van der Waals surface area contributed by atoms with E-state index in [-0.39, 0.29) is 5.56 Å². The largest absolute Gasteiger partial charge is 0.478 e. The summed E-state index contributed by atoms with van der Waals surface area (Å²) >= 11 is 1.35. The number of carbonyl (C=O) groups is 1. The first-order valence-electron chi connectivity index (χ1n) is 2.69. The van der Waals surface area contributed by atoms with Crippen LogP contribution in [0.25, 0.3) is 0 Å². The number of hydrogen-bond donors (Lipinski definition) is 2. The first-order chi connectivity index (χ1) is 4.63. The van der Waals surface area contributed by atoms with E-state index in [2.05, 4.69) is 0 Å². The Balaban J connectivity index is 3.23. The Hall–Kier alpha value is -1.03. The van der Waals surface area contributed by atoms with Crippen molar-refractivity contribution in [3.63, 3.8) is 0 Å². The van der Waals surface area contributed by atoms with E-state index < -0.39 is 5.97 Å². The third-order valence-electron chi connectivity index (χ3n) is 1.22. The van der Waals surface area contributed by atoms with Crippen LogP contribution in [0.1, 0.15) is 15.2 Å². The summed E-state index contributed by atoms with van der Waals surface area (Å²) in [5.74, 6) is -0.948. The van der Waals surface area contributed by atoms with Crippen LogP contribution in [-0.4, -0.2) is 11.1 Å². The van der Waals surface area contributed by atoms with Crippen molar-refractivity contribution < 1.29 is 9.90 Å². The number of thiophene rings is 1. The lowest BCUT2D eigenvalue weighted by molar-refractivity contribution is 0.0698. The summed E-state index contributed by atoms with van der Waals surface area (Å²) in [6, 6.07) is 0. The Morgan fingerprint density at radius 2 is 2.40 bits per heavy atom.